The largest absolute Gasteiger partial charge is 0.481 e. The molecule has 28 heavy (non-hydrogen) atoms. The molecule has 2 atom stereocenters. The van der Waals surface area contributed by atoms with Crippen LogP contribution in [0.2, 0.25) is 0 Å². The lowest BCUT2D eigenvalue weighted by Crippen LogP contribution is -2.17. The van der Waals surface area contributed by atoms with Crippen molar-refractivity contribution >= 4 is 17.6 Å². The predicted octanol–water partition coefficient (Wildman–Crippen LogP) is 2.83. The molecule has 0 bridgehead atoms. The summed E-state index contributed by atoms with van der Waals surface area (Å²) < 4.78 is 0. The van der Waals surface area contributed by atoms with Crippen LogP contribution in [0.4, 0.5) is 5.69 Å². The molecule has 8 nitrogen and oxygen atoms in total. The highest BCUT2D eigenvalue weighted by Gasteiger charge is 2.65. The van der Waals surface area contributed by atoms with Crippen molar-refractivity contribution in [2.75, 3.05) is 5.32 Å². The van der Waals surface area contributed by atoms with E-state index in [1.807, 2.05) is 24.3 Å². The van der Waals surface area contributed by atoms with E-state index in [4.69, 9.17) is 0 Å². The second-order valence-corrected chi connectivity index (χ2v) is 7.43. The first kappa shape index (κ1) is 17.8. The van der Waals surface area contributed by atoms with Crippen LogP contribution in [-0.4, -0.2) is 37.1 Å². The van der Waals surface area contributed by atoms with Gasteiger partial charge >= 0.3 is 5.97 Å². The van der Waals surface area contributed by atoms with Gasteiger partial charge in [-0.25, -0.2) is 4.98 Å². The van der Waals surface area contributed by atoms with Gasteiger partial charge in [0.2, 0.25) is 5.91 Å². The van der Waals surface area contributed by atoms with Crippen molar-refractivity contribution in [2.24, 2.45) is 17.3 Å². The van der Waals surface area contributed by atoms with E-state index in [-0.39, 0.29) is 5.91 Å². The molecule has 1 fully saturated rings. The number of aromatic amines is 1. The Morgan fingerprint density at radius 1 is 1.04 bits per heavy atom. The van der Waals surface area contributed by atoms with Gasteiger partial charge < -0.3 is 10.4 Å². The quantitative estimate of drug-likeness (QED) is 0.629. The summed E-state index contributed by atoms with van der Waals surface area (Å²) in [7, 11) is 0. The third kappa shape index (κ3) is 3.13. The highest BCUT2D eigenvalue weighted by molar-refractivity contribution is 5.99. The van der Waals surface area contributed by atoms with Gasteiger partial charge in [0.05, 0.1) is 11.8 Å². The van der Waals surface area contributed by atoms with Gasteiger partial charge in [0, 0.05) is 29.2 Å². The molecule has 142 valence electrons. The Balaban J connectivity index is 1.46. The average Bonchev–Trinajstić information content (AvgIpc) is 3.03. The fourth-order valence-electron chi connectivity index (χ4n) is 3.54. The summed E-state index contributed by atoms with van der Waals surface area (Å²) in [5.41, 5.74) is 1.76. The molecule has 0 spiro atoms. The third-order valence-corrected chi connectivity index (χ3v) is 5.23. The molecule has 1 saturated carbocycles. The van der Waals surface area contributed by atoms with E-state index in [1.54, 1.807) is 38.4 Å². The van der Waals surface area contributed by atoms with E-state index >= 15 is 0 Å². The maximum absolute atomic E-state index is 12.4. The monoisotopic (exact) mass is 377 g/mol. The van der Waals surface area contributed by atoms with E-state index in [2.05, 4.69) is 25.5 Å². The maximum atomic E-state index is 12.4. The lowest BCUT2D eigenvalue weighted by Gasteiger charge is -2.06. The van der Waals surface area contributed by atoms with E-state index in [0.717, 1.165) is 11.1 Å². The Kier molecular flexibility index (Phi) is 4.18. The molecule has 1 aliphatic rings. The van der Waals surface area contributed by atoms with Crippen LogP contribution in [0.3, 0.4) is 0 Å². The summed E-state index contributed by atoms with van der Waals surface area (Å²) >= 11 is 0. The second-order valence-electron chi connectivity index (χ2n) is 7.43. The number of H-pyrrole nitrogens is 1. The zero-order valence-corrected chi connectivity index (χ0v) is 15.4. The minimum absolute atomic E-state index is 0.275. The number of pyridine rings is 1. The van der Waals surface area contributed by atoms with E-state index in [9.17, 15) is 14.7 Å². The van der Waals surface area contributed by atoms with Crippen LogP contribution in [0.15, 0.2) is 48.8 Å². The van der Waals surface area contributed by atoms with Gasteiger partial charge in [-0.05, 0) is 41.8 Å². The summed E-state index contributed by atoms with van der Waals surface area (Å²) in [5, 5.41) is 19.1. The number of carbonyl (C=O) groups excluding carboxylic acids is 1. The van der Waals surface area contributed by atoms with Crippen molar-refractivity contribution in [3.8, 4) is 22.8 Å². The lowest BCUT2D eigenvalue weighted by molar-refractivity contribution is -0.140. The third-order valence-electron chi connectivity index (χ3n) is 5.23. The van der Waals surface area contributed by atoms with Gasteiger partial charge in [-0.15, -0.1) is 0 Å². The van der Waals surface area contributed by atoms with Crippen LogP contribution in [0.25, 0.3) is 22.8 Å². The molecule has 1 aliphatic carbocycles. The van der Waals surface area contributed by atoms with Gasteiger partial charge in [-0.1, -0.05) is 13.8 Å². The van der Waals surface area contributed by atoms with Gasteiger partial charge in [-0.2, -0.15) is 5.10 Å². The average molecular weight is 377 g/mol. The number of benzene rings is 1. The van der Waals surface area contributed by atoms with Crippen LogP contribution in [0, 0.1) is 17.3 Å². The Morgan fingerprint density at radius 2 is 1.71 bits per heavy atom. The summed E-state index contributed by atoms with van der Waals surface area (Å²) in [4.78, 5) is 32.1. The minimum Gasteiger partial charge on any atom is -0.481 e. The van der Waals surface area contributed by atoms with Crippen molar-refractivity contribution in [1.82, 2.24) is 20.2 Å². The Labute approximate surface area is 161 Å². The predicted molar refractivity (Wildman–Crippen MR) is 102 cm³/mol. The van der Waals surface area contributed by atoms with Crippen molar-refractivity contribution in [3.05, 3.63) is 48.8 Å². The van der Waals surface area contributed by atoms with Crippen LogP contribution in [0.1, 0.15) is 13.8 Å². The van der Waals surface area contributed by atoms with Crippen molar-refractivity contribution in [1.29, 1.82) is 0 Å². The summed E-state index contributed by atoms with van der Waals surface area (Å²) in [6.45, 7) is 3.59. The molecule has 1 amide bonds. The molecule has 2 heterocycles. The fraction of sp³-hybridized carbons (Fsp3) is 0.250. The summed E-state index contributed by atoms with van der Waals surface area (Å²) in [5.74, 6) is -1.20. The zero-order valence-electron chi connectivity index (χ0n) is 15.4. The summed E-state index contributed by atoms with van der Waals surface area (Å²) in [6, 6.07) is 10.8. The van der Waals surface area contributed by atoms with E-state index in [1.165, 1.54) is 0 Å². The van der Waals surface area contributed by atoms with Crippen LogP contribution < -0.4 is 5.32 Å². The van der Waals surface area contributed by atoms with Crippen LogP contribution in [0.5, 0.6) is 0 Å². The SMILES string of the molecule is CC1(C)[C@H](C(=O)Nc2ccc(-c3n[nH]c(-c4ccncc4)n3)cc2)[C@@H]1C(=O)O. The number of carboxylic acids is 1. The molecule has 0 unspecified atom stereocenters. The molecule has 0 aliphatic heterocycles. The van der Waals surface area contributed by atoms with Crippen molar-refractivity contribution in [2.45, 2.75) is 13.8 Å². The molecule has 0 saturated heterocycles. The normalized spacial score (nSPS) is 19.8. The standard InChI is InChI=1S/C20H19N5O3/c1-20(2)14(15(20)19(27)28)18(26)22-13-5-3-11(4-6-13)16-23-17(25-24-16)12-7-9-21-10-8-12/h3-10,14-15H,1-2H3,(H,22,26)(H,27,28)(H,23,24,25)/t14-,15+/m0/s1. The number of rotatable bonds is 5. The molecule has 3 N–H and O–H groups in total. The van der Waals surface area contributed by atoms with Gasteiger partial charge in [-0.3, -0.25) is 19.7 Å². The maximum Gasteiger partial charge on any atom is 0.307 e. The highest BCUT2D eigenvalue weighted by Crippen LogP contribution is 2.58. The number of nitrogens with one attached hydrogen (secondary N) is 2. The smallest absolute Gasteiger partial charge is 0.307 e. The van der Waals surface area contributed by atoms with E-state index < -0.39 is 23.2 Å². The topological polar surface area (TPSA) is 121 Å². The van der Waals surface area contributed by atoms with Gasteiger partial charge in [0.15, 0.2) is 11.6 Å². The molecule has 4 rings (SSSR count). The van der Waals surface area contributed by atoms with Gasteiger partial charge in [0.1, 0.15) is 0 Å². The number of aliphatic carboxylic acids is 1. The van der Waals surface area contributed by atoms with Gasteiger partial charge in [0.25, 0.3) is 0 Å². The number of aromatic nitrogens is 4. The number of hydrogen-bond acceptors (Lipinski definition) is 5. The Hall–Kier alpha value is -3.55. The zero-order chi connectivity index (χ0) is 19.9. The first-order chi connectivity index (χ1) is 13.4. The number of carboxylic acid groups (broad SMARTS) is 1. The first-order valence-electron chi connectivity index (χ1n) is 8.85. The van der Waals surface area contributed by atoms with Crippen molar-refractivity contribution < 1.29 is 14.7 Å². The molecule has 2 aromatic heterocycles. The minimum atomic E-state index is -0.935. The Morgan fingerprint density at radius 3 is 2.32 bits per heavy atom. The molecular weight excluding hydrogens is 358 g/mol. The highest BCUT2D eigenvalue weighted by atomic mass is 16.4. The lowest BCUT2D eigenvalue weighted by atomic mass is 10.1. The Bertz CT molecular complexity index is 1030. The number of carbonyl (C=O) groups is 2. The summed E-state index contributed by atoms with van der Waals surface area (Å²) in [6.07, 6.45) is 3.37. The van der Waals surface area contributed by atoms with E-state index in [0.29, 0.717) is 17.3 Å². The first-order valence-corrected chi connectivity index (χ1v) is 8.85. The molecule has 3 aromatic rings. The van der Waals surface area contributed by atoms with Crippen LogP contribution in [-0.2, 0) is 9.59 Å². The fourth-order valence-corrected chi connectivity index (χ4v) is 3.54. The number of amides is 1. The molecule has 1 aromatic carbocycles. The number of hydrogen-bond donors (Lipinski definition) is 3. The molecule has 0 radical (unpaired) electrons. The molecular formula is C20H19N5O3. The number of nitrogens with zero attached hydrogens (tertiary/aromatic N) is 3. The van der Waals surface area contributed by atoms with Crippen LogP contribution >= 0.6 is 0 Å². The second kappa shape index (κ2) is 6.56. The number of anilines is 1. The molecule has 8 heteroatoms. The van der Waals surface area contributed by atoms with Crippen molar-refractivity contribution in [3.63, 3.8) is 0 Å².